The summed E-state index contributed by atoms with van der Waals surface area (Å²) in [5.41, 5.74) is 0. The zero-order valence-corrected chi connectivity index (χ0v) is 15.2. The van der Waals surface area contributed by atoms with Gasteiger partial charge >= 0.3 is 0 Å². The van der Waals surface area contributed by atoms with E-state index in [1.807, 2.05) is 40.0 Å². The average molecular weight is 347 g/mol. The lowest BCUT2D eigenvalue weighted by molar-refractivity contribution is 0.0292. The van der Waals surface area contributed by atoms with Gasteiger partial charge in [-0.15, -0.1) is 11.6 Å². The fourth-order valence-electron chi connectivity index (χ4n) is 0.885. The van der Waals surface area contributed by atoms with Crippen molar-refractivity contribution in [2.24, 2.45) is 0 Å². The van der Waals surface area contributed by atoms with Crippen LogP contribution >= 0.6 is 11.6 Å². The molecule has 1 fully saturated rings. The number of alkyl halides is 1. The topological polar surface area (TPSA) is 77.5 Å². The summed E-state index contributed by atoms with van der Waals surface area (Å²) in [6.45, 7) is 6.51. The van der Waals surface area contributed by atoms with Gasteiger partial charge in [0.05, 0.1) is 31.3 Å². The number of epoxide rings is 1. The molecule has 0 aliphatic carbocycles. The molecular weight excluding hydrogens is 308 g/mol. The highest BCUT2D eigenvalue weighted by Gasteiger charge is 2.19. The first-order valence-corrected chi connectivity index (χ1v) is 7.74. The monoisotopic (exact) mass is 346 g/mol. The fraction of sp³-hybridized carbons (Fsp3) is 1.00. The molecule has 1 saturated heterocycles. The standard InChI is InChI=1S/C7H17NO2.C3H5ClO.C2H7N.C2H6O.CH4/c1-4-10-6-7(9)5-8(2)3;4-1-3-2-5-3;1-3-2;1-2-3;/h7,9H,4-6H2,1-3H3;3H,1-2H2;3H,1-2H3;3H,2H2,1H3;1H4/t7-;3-;;;/m10.../s1. The number of rotatable bonds is 6. The molecule has 0 radical (unpaired) electrons. The molecule has 0 aromatic heterocycles. The van der Waals surface area contributed by atoms with E-state index in [2.05, 4.69) is 5.32 Å². The maximum atomic E-state index is 9.18. The van der Waals surface area contributed by atoms with Gasteiger partial charge in [0.25, 0.3) is 0 Å². The Bertz CT molecular complexity index is 172. The van der Waals surface area contributed by atoms with Crippen LogP contribution in [0, 0.1) is 0 Å². The summed E-state index contributed by atoms with van der Waals surface area (Å²) in [5.74, 6) is 0.667. The summed E-state index contributed by atoms with van der Waals surface area (Å²) in [6.07, 6.45) is 0.0478. The molecule has 22 heavy (non-hydrogen) atoms. The van der Waals surface area contributed by atoms with Crippen LogP contribution in [0.3, 0.4) is 0 Å². The molecule has 0 saturated carbocycles. The van der Waals surface area contributed by atoms with Crippen molar-refractivity contribution in [1.29, 1.82) is 0 Å². The van der Waals surface area contributed by atoms with Gasteiger partial charge in [0.1, 0.15) is 0 Å². The third-order valence-electron chi connectivity index (χ3n) is 1.66. The lowest BCUT2D eigenvalue weighted by Crippen LogP contribution is -2.29. The number of nitrogens with one attached hydrogen (secondary N) is 1. The summed E-state index contributed by atoms with van der Waals surface area (Å²) in [6, 6.07) is 0. The Morgan fingerprint density at radius 2 is 1.77 bits per heavy atom. The largest absolute Gasteiger partial charge is 0.397 e. The molecule has 1 aliphatic rings. The molecule has 0 unspecified atom stereocenters. The van der Waals surface area contributed by atoms with E-state index in [1.54, 1.807) is 6.92 Å². The van der Waals surface area contributed by atoms with E-state index in [0.29, 0.717) is 31.7 Å². The number of nitrogens with zero attached hydrogens (tertiary/aromatic N) is 1. The molecule has 0 bridgehead atoms. The first-order valence-electron chi connectivity index (χ1n) is 7.20. The SMILES string of the molecule is C.CCO.CCOC[C@H](O)CN(C)C.CNC.ClC[C@H]1CO1. The molecule has 0 spiro atoms. The van der Waals surface area contributed by atoms with Crippen LogP contribution in [0.15, 0.2) is 0 Å². The highest BCUT2D eigenvalue weighted by Crippen LogP contribution is 2.08. The number of aliphatic hydroxyl groups is 2. The Morgan fingerprint density at radius 1 is 1.36 bits per heavy atom. The molecule has 1 rings (SSSR count). The fourth-order valence-corrected chi connectivity index (χ4v) is 1.06. The van der Waals surface area contributed by atoms with Crippen LogP contribution in [-0.2, 0) is 9.47 Å². The zero-order chi connectivity index (χ0) is 17.1. The van der Waals surface area contributed by atoms with E-state index in [0.717, 1.165) is 6.61 Å². The third-order valence-corrected chi connectivity index (χ3v) is 2.01. The van der Waals surface area contributed by atoms with Crippen molar-refractivity contribution < 1.29 is 19.7 Å². The van der Waals surface area contributed by atoms with Crippen molar-refractivity contribution in [1.82, 2.24) is 10.2 Å². The number of hydrogen-bond donors (Lipinski definition) is 3. The molecule has 7 heteroatoms. The van der Waals surface area contributed by atoms with Crippen molar-refractivity contribution in [2.75, 3.05) is 67.0 Å². The van der Waals surface area contributed by atoms with Crippen LogP contribution in [0.1, 0.15) is 21.3 Å². The lowest BCUT2D eigenvalue weighted by Gasteiger charge is -2.15. The lowest BCUT2D eigenvalue weighted by atomic mass is 10.3. The molecule has 1 aliphatic heterocycles. The van der Waals surface area contributed by atoms with Crippen LogP contribution in [0.5, 0.6) is 0 Å². The summed E-state index contributed by atoms with van der Waals surface area (Å²) in [5, 5.41) is 19.5. The molecular formula is C15H39ClN2O4. The van der Waals surface area contributed by atoms with Crippen molar-refractivity contribution in [3.63, 3.8) is 0 Å². The van der Waals surface area contributed by atoms with Crippen LogP contribution in [0.2, 0.25) is 0 Å². The van der Waals surface area contributed by atoms with Crippen molar-refractivity contribution in [3.8, 4) is 0 Å². The molecule has 140 valence electrons. The molecule has 1 heterocycles. The van der Waals surface area contributed by atoms with E-state index in [-0.39, 0.29) is 20.1 Å². The average Bonchev–Trinajstić information content (AvgIpc) is 3.22. The van der Waals surface area contributed by atoms with Gasteiger partial charge in [-0.25, -0.2) is 0 Å². The number of ether oxygens (including phenoxy) is 2. The van der Waals surface area contributed by atoms with Gasteiger partial charge in [-0.1, -0.05) is 7.43 Å². The second kappa shape index (κ2) is 26.0. The molecule has 3 N–H and O–H groups in total. The van der Waals surface area contributed by atoms with E-state index < -0.39 is 0 Å². The van der Waals surface area contributed by atoms with Gasteiger partial charge in [0.2, 0.25) is 0 Å². The number of halogens is 1. The Kier molecular flexibility index (Phi) is 35.4. The smallest absolute Gasteiger partial charge is 0.0944 e. The molecule has 0 amide bonds. The van der Waals surface area contributed by atoms with Crippen LogP contribution < -0.4 is 5.32 Å². The predicted octanol–water partition coefficient (Wildman–Crippen LogP) is 1.04. The van der Waals surface area contributed by atoms with Crippen LogP contribution in [0.4, 0.5) is 0 Å². The third kappa shape index (κ3) is 42.7. The van der Waals surface area contributed by atoms with E-state index >= 15 is 0 Å². The van der Waals surface area contributed by atoms with Gasteiger partial charge in [-0.3, -0.25) is 0 Å². The Labute approximate surface area is 142 Å². The summed E-state index contributed by atoms with van der Waals surface area (Å²) in [7, 11) is 7.60. The molecule has 0 aromatic rings. The highest BCUT2D eigenvalue weighted by atomic mass is 35.5. The Balaban J connectivity index is -0.000000113. The summed E-state index contributed by atoms with van der Waals surface area (Å²) >= 11 is 5.27. The predicted molar refractivity (Wildman–Crippen MR) is 96.0 cm³/mol. The van der Waals surface area contributed by atoms with E-state index in [1.165, 1.54) is 0 Å². The van der Waals surface area contributed by atoms with Gasteiger partial charge < -0.3 is 29.9 Å². The van der Waals surface area contributed by atoms with Crippen molar-refractivity contribution in [3.05, 3.63) is 0 Å². The molecule has 0 aromatic carbocycles. The number of hydrogen-bond acceptors (Lipinski definition) is 6. The minimum atomic E-state index is -0.352. The van der Waals surface area contributed by atoms with Gasteiger partial charge in [0.15, 0.2) is 0 Å². The van der Waals surface area contributed by atoms with Gasteiger partial charge in [-0.2, -0.15) is 0 Å². The molecule has 6 nitrogen and oxygen atoms in total. The van der Waals surface area contributed by atoms with Gasteiger partial charge in [0, 0.05) is 19.8 Å². The maximum absolute atomic E-state index is 9.18. The van der Waals surface area contributed by atoms with Gasteiger partial charge in [-0.05, 0) is 42.0 Å². The van der Waals surface area contributed by atoms with Crippen molar-refractivity contribution >= 4 is 11.6 Å². The first-order chi connectivity index (χ1) is 9.92. The normalized spacial score (nSPS) is 15.8. The van der Waals surface area contributed by atoms with E-state index in [9.17, 15) is 5.11 Å². The zero-order valence-electron chi connectivity index (χ0n) is 14.4. The number of likely N-dealkylation sites (N-methyl/N-ethyl adjacent to an activating group) is 1. The maximum Gasteiger partial charge on any atom is 0.0944 e. The second-order valence-electron chi connectivity index (χ2n) is 4.50. The Hall–Kier alpha value is 0.0500. The Morgan fingerprint density at radius 3 is 1.95 bits per heavy atom. The minimum absolute atomic E-state index is 0. The minimum Gasteiger partial charge on any atom is -0.397 e. The van der Waals surface area contributed by atoms with E-state index in [4.69, 9.17) is 26.2 Å². The first kappa shape index (κ1) is 30.0. The summed E-state index contributed by atoms with van der Waals surface area (Å²) in [4.78, 5) is 1.93. The van der Waals surface area contributed by atoms with Crippen LogP contribution in [0.25, 0.3) is 0 Å². The number of aliphatic hydroxyl groups excluding tert-OH is 2. The second-order valence-corrected chi connectivity index (χ2v) is 4.81. The summed E-state index contributed by atoms with van der Waals surface area (Å²) < 4.78 is 9.75. The quantitative estimate of drug-likeness (QED) is 0.493. The van der Waals surface area contributed by atoms with Crippen LogP contribution in [-0.4, -0.2) is 94.4 Å². The van der Waals surface area contributed by atoms with Crippen molar-refractivity contribution in [2.45, 2.75) is 33.5 Å². The molecule has 2 atom stereocenters. The highest BCUT2D eigenvalue weighted by molar-refractivity contribution is 6.18.